The predicted octanol–water partition coefficient (Wildman–Crippen LogP) is 5.76. The van der Waals surface area contributed by atoms with Gasteiger partial charge in [-0.05, 0) is 56.4 Å². The average Bonchev–Trinajstić information content (AvgIpc) is 3.28. The van der Waals surface area contributed by atoms with Crippen molar-refractivity contribution in [3.05, 3.63) is 84.0 Å². The molecule has 1 fully saturated rings. The van der Waals surface area contributed by atoms with Gasteiger partial charge in [-0.25, -0.2) is 0 Å². The summed E-state index contributed by atoms with van der Waals surface area (Å²) >= 11 is 0. The van der Waals surface area contributed by atoms with E-state index in [2.05, 4.69) is 104 Å². The molecule has 3 aliphatic carbocycles. The zero-order valence-electron chi connectivity index (χ0n) is 18.3. The van der Waals surface area contributed by atoms with Crippen LogP contribution in [-0.2, 0) is 0 Å². The molecule has 5 aliphatic rings. The van der Waals surface area contributed by atoms with Gasteiger partial charge in [-0.2, -0.15) is 0 Å². The molecular formula is C28H32N2. The molecule has 2 heteroatoms. The average molecular weight is 397 g/mol. The highest BCUT2D eigenvalue weighted by Gasteiger charge is 2.43. The molecule has 2 aliphatic heterocycles. The van der Waals surface area contributed by atoms with Gasteiger partial charge in [0.2, 0.25) is 0 Å². The first-order chi connectivity index (χ1) is 14.5. The van der Waals surface area contributed by atoms with Crippen molar-refractivity contribution in [3.63, 3.8) is 0 Å². The Morgan fingerprint density at radius 2 is 1.80 bits per heavy atom. The number of hydrogen-bond acceptors (Lipinski definition) is 2. The van der Waals surface area contributed by atoms with Crippen molar-refractivity contribution in [2.75, 3.05) is 4.90 Å². The van der Waals surface area contributed by atoms with E-state index in [9.17, 15) is 0 Å². The third-order valence-electron chi connectivity index (χ3n) is 7.71. The first-order valence-electron chi connectivity index (χ1n) is 11.6. The van der Waals surface area contributed by atoms with Gasteiger partial charge in [0, 0.05) is 41.1 Å². The van der Waals surface area contributed by atoms with Crippen molar-refractivity contribution in [2.45, 2.75) is 63.2 Å². The fraction of sp³-hybridized carbons (Fsp3) is 0.429. The van der Waals surface area contributed by atoms with Crippen LogP contribution >= 0.6 is 0 Å². The van der Waals surface area contributed by atoms with Crippen LogP contribution in [0.5, 0.6) is 0 Å². The van der Waals surface area contributed by atoms with Crippen LogP contribution in [0.15, 0.2) is 72.9 Å². The fourth-order valence-corrected chi connectivity index (χ4v) is 6.43. The van der Waals surface area contributed by atoms with Crippen LogP contribution in [-0.4, -0.2) is 23.7 Å². The van der Waals surface area contributed by atoms with E-state index in [1.807, 2.05) is 0 Å². The Labute approximate surface area is 180 Å². The third-order valence-corrected chi connectivity index (χ3v) is 7.71. The molecule has 0 saturated carbocycles. The van der Waals surface area contributed by atoms with Crippen molar-refractivity contribution in [2.24, 2.45) is 11.8 Å². The lowest BCUT2D eigenvalue weighted by Crippen LogP contribution is -2.47. The number of anilines is 1. The first-order valence-corrected chi connectivity index (χ1v) is 11.6. The van der Waals surface area contributed by atoms with Crippen LogP contribution in [0, 0.1) is 11.8 Å². The zero-order chi connectivity index (χ0) is 20.5. The van der Waals surface area contributed by atoms with Gasteiger partial charge in [0.1, 0.15) is 0 Å². The van der Waals surface area contributed by atoms with Gasteiger partial charge in [0.15, 0.2) is 0 Å². The molecule has 6 unspecified atom stereocenters. The van der Waals surface area contributed by atoms with E-state index in [0.717, 1.165) is 0 Å². The van der Waals surface area contributed by atoms with E-state index in [-0.39, 0.29) is 5.54 Å². The number of hydrogen-bond donors (Lipinski definition) is 1. The van der Waals surface area contributed by atoms with Crippen molar-refractivity contribution < 1.29 is 0 Å². The summed E-state index contributed by atoms with van der Waals surface area (Å²) < 4.78 is 0. The minimum atomic E-state index is 0.109. The lowest BCUT2D eigenvalue weighted by molar-refractivity contribution is 0.440. The van der Waals surface area contributed by atoms with E-state index < -0.39 is 0 Å². The summed E-state index contributed by atoms with van der Waals surface area (Å²) in [6, 6.07) is 8.68. The minimum absolute atomic E-state index is 0.109. The molecule has 1 aromatic carbocycles. The van der Waals surface area contributed by atoms with E-state index in [1.54, 1.807) is 5.56 Å². The van der Waals surface area contributed by atoms with Gasteiger partial charge < -0.3 is 10.2 Å². The quantitative estimate of drug-likeness (QED) is 0.607. The molecule has 6 atom stereocenters. The molecule has 1 saturated heterocycles. The summed E-state index contributed by atoms with van der Waals surface area (Å²) in [7, 11) is 0. The molecular weight excluding hydrogens is 364 g/mol. The standard InChI is InChI=1S/C28H32N2/c1-28(2,3)30-26-11-7-5-9-21(26)22-14-12-19(17-27(22)30)18-13-15-25-23(16-18)20-8-4-6-10-24(20)29-25/h4,6-8,10-17,20-21,23-26,29H,5,9H2,1-3H3. The summed E-state index contributed by atoms with van der Waals surface area (Å²) in [5, 5.41) is 3.78. The molecule has 1 N–H and O–H groups in total. The highest BCUT2D eigenvalue weighted by Crippen LogP contribution is 2.50. The first kappa shape index (κ1) is 18.4. The largest absolute Gasteiger partial charge is 0.359 e. The summed E-state index contributed by atoms with van der Waals surface area (Å²) in [5.41, 5.74) is 5.84. The Kier molecular flexibility index (Phi) is 4.05. The summed E-state index contributed by atoms with van der Waals surface area (Å²) in [4.78, 5) is 2.67. The van der Waals surface area contributed by atoms with Crippen LogP contribution < -0.4 is 10.2 Å². The lowest BCUT2D eigenvalue weighted by atomic mass is 9.80. The van der Waals surface area contributed by atoms with Gasteiger partial charge in [0.25, 0.3) is 0 Å². The molecule has 0 bridgehead atoms. The number of benzene rings is 1. The number of rotatable bonds is 1. The molecule has 2 heterocycles. The van der Waals surface area contributed by atoms with E-state index in [1.165, 1.54) is 29.7 Å². The van der Waals surface area contributed by atoms with Gasteiger partial charge in [-0.15, -0.1) is 0 Å². The number of fused-ring (bicyclic) bond motifs is 6. The van der Waals surface area contributed by atoms with Crippen molar-refractivity contribution in [1.82, 2.24) is 5.32 Å². The zero-order valence-corrected chi connectivity index (χ0v) is 18.3. The Morgan fingerprint density at radius 3 is 2.67 bits per heavy atom. The second kappa shape index (κ2) is 6.59. The third kappa shape index (κ3) is 2.73. The summed E-state index contributed by atoms with van der Waals surface area (Å²) in [5.74, 6) is 1.74. The molecule has 0 radical (unpaired) electrons. The van der Waals surface area contributed by atoms with Crippen LogP contribution in [0.4, 0.5) is 5.69 Å². The maximum Gasteiger partial charge on any atom is 0.0548 e. The van der Waals surface area contributed by atoms with Gasteiger partial charge >= 0.3 is 0 Å². The van der Waals surface area contributed by atoms with Crippen LogP contribution in [0.1, 0.15) is 50.7 Å². The second-order valence-corrected chi connectivity index (χ2v) is 10.5. The maximum absolute atomic E-state index is 3.78. The van der Waals surface area contributed by atoms with E-state index in [0.29, 0.717) is 35.9 Å². The minimum Gasteiger partial charge on any atom is -0.359 e. The molecule has 6 rings (SSSR count). The topological polar surface area (TPSA) is 15.3 Å². The predicted molar refractivity (Wildman–Crippen MR) is 127 cm³/mol. The van der Waals surface area contributed by atoms with Gasteiger partial charge in [-0.3, -0.25) is 0 Å². The molecule has 2 nitrogen and oxygen atoms in total. The molecule has 154 valence electrons. The Hall–Kier alpha value is -2.32. The van der Waals surface area contributed by atoms with Crippen molar-refractivity contribution in [1.29, 1.82) is 0 Å². The van der Waals surface area contributed by atoms with Crippen molar-refractivity contribution >= 4 is 11.3 Å². The number of nitrogens with one attached hydrogen (secondary N) is 1. The normalized spacial score (nSPS) is 35.7. The van der Waals surface area contributed by atoms with Gasteiger partial charge in [-0.1, -0.05) is 66.8 Å². The van der Waals surface area contributed by atoms with Crippen LogP contribution in [0.25, 0.3) is 5.57 Å². The monoisotopic (exact) mass is 396 g/mol. The van der Waals surface area contributed by atoms with Crippen LogP contribution in [0.3, 0.4) is 0 Å². The Balaban J connectivity index is 1.39. The fourth-order valence-electron chi connectivity index (χ4n) is 6.43. The smallest absolute Gasteiger partial charge is 0.0548 e. The Morgan fingerprint density at radius 1 is 0.967 bits per heavy atom. The summed E-state index contributed by atoms with van der Waals surface area (Å²) in [6.45, 7) is 7.06. The van der Waals surface area contributed by atoms with Crippen LogP contribution in [0.2, 0.25) is 0 Å². The lowest BCUT2D eigenvalue weighted by Gasteiger charge is -2.40. The van der Waals surface area contributed by atoms with Gasteiger partial charge in [0.05, 0.1) is 6.04 Å². The number of nitrogens with zero attached hydrogens (tertiary/aromatic N) is 1. The van der Waals surface area contributed by atoms with E-state index >= 15 is 0 Å². The molecule has 0 aromatic heterocycles. The highest BCUT2D eigenvalue weighted by molar-refractivity contribution is 5.80. The molecule has 0 amide bonds. The van der Waals surface area contributed by atoms with Crippen molar-refractivity contribution in [3.8, 4) is 0 Å². The molecule has 0 spiro atoms. The highest BCUT2D eigenvalue weighted by atomic mass is 15.2. The second-order valence-electron chi connectivity index (χ2n) is 10.5. The number of allylic oxidation sites excluding steroid dienone is 5. The Bertz CT molecular complexity index is 1020. The SMILES string of the molecule is CC(C)(C)N1c2cc(C3=CC4C(C=C3)NC3C=CC=CC34)ccc2C2CCC=CC21. The summed E-state index contributed by atoms with van der Waals surface area (Å²) in [6.07, 6.45) is 23.6. The maximum atomic E-state index is 3.78. The van der Waals surface area contributed by atoms with E-state index in [4.69, 9.17) is 0 Å². The molecule has 30 heavy (non-hydrogen) atoms. The molecule has 1 aromatic rings.